The number of hydrogen-bond donors (Lipinski definition) is 2. The Bertz CT molecular complexity index is 350. The fourth-order valence-corrected chi connectivity index (χ4v) is 2.35. The summed E-state index contributed by atoms with van der Waals surface area (Å²) in [7, 11) is 1.62. The molecule has 1 aromatic rings. The highest BCUT2D eigenvalue weighted by atomic mass is 16.5. The van der Waals surface area contributed by atoms with E-state index < -0.39 is 0 Å². The van der Waals surface area contributed by atoms with Crippen molar-refractivity contribution in [1.29, 1.82) is 0 Å². The van der Waals surface area contributed by atoms with Crippen molar-refractivity contribution in [2.45, 2.75) is 25.3 Å². The lowest BCUT2D eigenvalue weighted by Gasteiger charge is -2.29. The average Bonchev–Trinajstić information content (AvgIpc) is 2.46. The van der Waals surface area contributed by atoms with Crippen LogP contribution < -0.4 is 16.0 Å². The second-order valence-electron chi connectivity index (χ2n) is 4.66. The van der Waals surface area contributed by atoms with Gasteiger partial charge in [-0.1, -0.05) is 6.07 Å². The van der Waals surface area contributed by atoms with E-state index in [1.54, 1.807) is 7.11 Å². The van der Waals surface area contributed by atoms with Crippen molar-refractivity contribution in [3.05, 3.63) is 23.9 Å². The number of methoxy groups -OCH3 is 1. The smallest absolute Gasteiger partial charge is 0.212 e. The lowest BCUT2D eigenvalue weighted by Crippen LogP contribution is -2.45. The van der Waals surface area contributed by atoms with Crippen molar-refractivity contribution >= 4 is 0 Å². The molecule has 100 valence electrons. The van der Waals surface area contributed by atoms with Gasteiger partial charge >= 0.3 is 0 Å². The van der Waals surface area contributed by atoms with E-state index >= 15 is 0 Å². The summed E-state index contributed by atoms with van der Waals surface area (Å²) in [6.45, 7) is 1.66. The monoisotopic (exact) mass is 251 g/mol. The highest BCUT2D eigenvalue weighted by Crippen LogP contribution is 2.20. The molecule has 0 aliphatic carbocycles. The zero-order valence-electron chi connectivity index (χ0n) is 10.8. The summed E-state index contributed by atoms with van der Waals surface area (Å²) in [5.74, 6) is 6.77. The van der Waals surface area contributed by atoms with Crippen LogP contribution in [0.2, 0.25) is 0 Å². The van der Waals surface area contributed by atoms with Crippen molar-refractivity contribution < 1.29 is 9.47 Å². The van der Waals surface area contributed by atoms with Gasteiger partial charge in [-0.15, -0.1) is 0 Å². The van der Waals surface area contributed by atoms with Gasteiger partial charge in [0.05, 0.1) is 13.7 Å². The van der Waals surface area contributed by atoms with Crippen LogP contribution in [0.15, 0.2) is 18.3 Å². The van der Waals surface area contributed by atoms with E-state index in [9.17, 15) is 0 Å². The van der Waals surface area contributed by atoms with Crippen molar-refractivity contribution in [3.8, 4) is 5.88 Å². The molecule has 1 aromatic heterocycles. The molecule has 3 N–H and O–H groups in total. The molecule has 2 rings (SSSR count). The first-order valence-corrected chi connectivity index (χ1v) is 6.36. The second-order valence-corrected chi connectivity index (χ2v) is 4.66. The molecule has 2 atom stereocenters. The van der Waals surface area contributed by atoms with Gasteiger partial charge in [-0.3, -0.25) is 11.3 Å². The van der Waals surface area contributed by atoms with Gasteiger partial charge in [0, 0.05) is 24.9 Å². The van der Waals surface area contributed by atoms with Gasteiger partial charge < -0.3 is 9.47 Å². The molecule has 5 heteroatoms. The molecule has 0 saturated carbocycles. The molecule has 5 nitrogen and oxygen atoms in total. The summed E-state index contributed by atoms with van der Waals surface area (Å²) >= 11 is 0. The highest BCUT2D eigenvalue weighted by Gasteiger charge is 2.23. The number of ether oxygens (including phenoxy) is 2. The van der Waals surface area contributed by atoms with Crippen LogP contribution in [-0.4, -0.2) is 31.3 Å². The highest BCUT2D eigenvalue weighted by molar-refractivity contribution is 5.18. The van der Waals surface area contributed by atoms with Gasteiger partial charge in [0.25, 0.3) is 0 Å². The molecule has 18 heavy (non-hydrogen) atoms. The van der Waals surface area contributed by atoms with Gasteiger partial charge in [-0.25, -0.2) is 4.98 Å². The number of nitrogens with one attached hydrogen (secondary N) is 1. The second kappa shape index (κ2) is 6.68. The van der Waals surface area contributed by atoms with E-state index in [2.05, 4.69) is 10.4 Å². The first-order chi connectivity index (χ1) is 8.83. The molecule has 1 saturated heterocycles. The SMILES string of the molecule is COc1ccc(CC(NN)C2CCCOC2)cn1. The van der Waals surface area contributed by atoms with Crippen LogP contribution >= 0.6 is 0 Å². The van der Waals surface area contributed by atoms with E-state index in [0.29, 0.717) is 11.8 Å². The summed E-state index contributed by atoms with van der Waals surface area (Å²) in [6.07, 6.45) is 4.98. The summed E-state index contributed by atoms with van der Waals surface area (Å²) in [5.41, 5.74) is 4.07. The molecule has 0 bridgehead atoms. The van der Waals surface area contributed by atoms with E-state index in [4.69, 9.17) is 15.3 Å². The Morgan fingerprint density at radius 1 is 1.61 bits per heavy atom. The topological polar surface area (TPSA) is 69.4 Å². The number of rotatable bonds is 5. The third-order valence-electron chi connectivity index (χ3n) is 3.44. The van der Waals surface area contributed by atoms with E-state index in [1.165, 1.54) is 6.42 Å². The standard InChI is InChI=1S/C13H21N3O2/c1-17-13-5-4-10(8-15-13)7-12(16-14)11-3-2-6-18-9-11/h4-5,8,11-12,16H,2-3,6-7,9,14H2,1H3. The maximum absolute atomic E-state index is 5.66. The van der Waals surface area contributed by atoms with Crippen LogP contribution in [-0.2, 0) is 11.2 Å². The Kier molecular flexibility index (Phi) is 4.92. The minimum atomic E-state index is 0.237. The molecular weight excluding hydrogens is 230 g/mol. The Morgan fingerprint density at radius 3 is 3.06 bits per heavy atom. The Hall–Kier alpha value is -1.17. The van der Waals surface area contributed by atoms with Gasteiger partial charge in [-0.2, -0.15) is 0 Å². The van der Waals surface area contributed by atoms with Gasteiger partial charge in [0.2, 0.25) is 5.88 Å². The number of nitrogens with two attached hydrogens (primary N) is 1. The minimum absolute atomic E-state index is 0.237. The fourth-order valence-electron chi connectivity index (χ4n) is 2.35. The lowest BCUT2D eigenvalue weighted by atomic mass is 9.90. The van der Waals surface area contributed by atoms with Gasteiger partial charge in [-0.05, 0) is 30.7 Å². The molecule has 2 unspecified atom stereocenters. The van der Waals surface area contributed by atoms with E-state index in [0.717, 1.165) is 31.6 Å². The zero-order valence-corrected chi connectivity index (χ0v) is 10.8. The molecule has 0 amide bonds. The average molecular weight is 251 g/mol. The number of nitrogens with zero attached hydrogens (tertiary/aromatic N) is 1. The predicted octanol–water partition coefficient (Wildman–Crippen LogP) is 0.891. The Labute approximate surface area is 108 Å². The predicted molar refractivity (Wildman–Crippen MR) is 69.1 cm³/mol. The van der Waals surface area contributed by atoms with Crippen molar-refractivity contribution in [2.75, 3.05) is 20.3 Å². The largest absolute Gasteiger partial charge is 0.481 e. The summed E-state index contributed by atoms with van der Waals surface area (Å²) in [4.78, 5) is 4.21. The van der Waals surface area contributed by atoms with Crippen molar-refractivity contribution in [2.24, 2.45) is 11.8 Å². The van der Waals surface area contributed by atoms with Gasteiger partial charge in [0.15, 0.2) is 0 Å². The number of aromatic nitrogens is 1. The molecular formula is C13H21N3O2. The van der Waals surface area contributed by atoms with Crippen LogP contribution in [0.4, 0.5) is 0 Å². The van der Waals surface area contributed by atoms with Crippen molar-refractivity contribution in [1.82, 2.24) is 10.4 Å². The first-order valence-electron chi connectivity index (χ1n) is 6.36. The zero-order chi connectivity index (χ0) is 12.8. The van der Waals surface area contributed by atoms with Crippen LogP contribution in [0.25, 0.3) is 0 Å². The maximum Gasteiger partial charge on any atom is 0.212 e. The molecule has 0 radical (unpaired) electrons. The fraction of sp³-hybridized carbons (Fsp3) is 0.615. The molecule has 0 spiro atoms. The first kappa shape index (κ1) is 13.3. The summed E-state index contributed by atoms with van der Waals surface area (Å²) in [5, 5.41) is 0. The lowest BCUT2D eigenvalue weighted by molar-refractivity contribution is 0.0393. The molecule has 1 aliphatic heterocycles. The third kappa shape index (κ3) is 3.41. The number of hydrogen-bond acceptors (Lipinski definition) is 5. The van der Waals surface area contributed by atoms with Gasteiger partial charge in [0.1, 0.15) is 0 Å². The molecule has 1 fully saturated rings. The van der Waals surface area contributed by atoms with E-state index in [1.807, 2.05) is 18.3 Å². The normalized spacial score (nSPS) is 21.6. The van der Waals surface area contributed by atoms with Crippen LogP contribution in [0.1, 0.15) is 18.4 Å². The number of hydrazine groups is 1. The van der Waals surface area contributed by atoms with Crippen LogP contribution in [0.3, 0.4) is 0 Å². The van der Waals surface area contributed by atoms with Crippen LogP contribution in [0, 0.1) is 5.92 Å². The maximum atomic E-state index is 5.66. The van der Waals surface area contributed by atoms with Crippen LogP contribution in [0.5, 0.6) is 5.88 Å². The Morgan fingerprint density at radius 2 is 2.50 bits per heavy atom. The van der Waals surface area contributed by atoms with E-state index in [-0.39, 0.29) is 6.04 Å². The minimum Gasteiger partial charge on any atom is -0.481 e. The molecule has 0 aromatic carbocycles. The molecule has 1 aliphatic rings. The summed E-state index contributed by atoms with van der Waals surface area (Å²) in [6, 6.07) is 4.14. The summed E-state index contributed by atoms with van der Waals surface area (Å²) < 4.78 is 10.6. The van der Waals surface area contributed by atoms with Crippen molar-refractivity contribution in [3.63, 3.8) is 0 Å². The third-order valence-corrected chi connectivity index (χ3v) is 3.44. The number of pyridine rings is 1. The Balaban J connectivity index is 1.95. The molecule has 2 heterocycles. The quantitative estimate of drug-likeness (QED) is 0.601.